The lowest BCUT2D eigenvalue weighted by Crippen LogP contribution is -2.05. The van der Waals surface area contributed by atoms with Gasteiger partial charge in [-0.2, -0.15) is 10.4 Å². The second-order valence-corrected chi connectivity index (χ2v) is 5.08. The number of thiazole rings is 1. The largest absolute Gasteiger partial charge is 0.363 e. The van der Waals surface area contributed by atoms with Gasteiger partial charge in [-0.3, -0.25) is 4.68 Å². The van der Waals surface area contributed by atoms with Crippen molar-refractivity contribution in [2.24, 2.45) is 7.05 Å². The third kappa shape index (κ3) is 2.29. The first-order chi connectivity index (χ1) is 8.11. The average molecular weight is 247 g/mol. The molecule has 0 aliphatic carbocycles. The fourth-order valence-electron chi connectivity index (χ4n) is 1.64. The van der Waals surface area contributed by atoms with E-state index in [4.69, 9.17) is 5.26 Å². The smallest absolute Gasteiger partial charge is 0.142 e. The summed E-state index contributed by atoms with van der Waals surface area (Å²) in [5.74, 6) is 0.748. The zero-order chi connectivity index (χ0) is 12.4. The number of rotatable bonds is 3. The van der Waals surface area contributed by atoms with E-state index >= 15 is 0 Å². The Hall–Kier alpha value is -1.87. The van der Waals surface area contributed by atoms with Gasteiger partial charge >= 0.3 is 0 Å². The standard InChI is InChI=1S/C11H13N5S/c1-7-5-13-10(17-7)6-14-11-9(4-12)8(2)15-16(11)3/h5,14H,6H2,1-3H3. The maximum Gasteiger partial charge on any atom is 0.142 e. The Morgan fingerprint density at radius 2 is 2.29 bits per heavy atom. The molecular weight excluding hydrogens is 234 g/mol. The number of nitrogens with one attached hydrogen (secondary N) is 1. The van der Waals surface area contributed by atoms with Gasteiger partial charge in [0.15, 0.2) is 0 Å². The average Bonchev–Trinajstić information content (AvgIpc) is 2.80. The molecule has 0 saturated carbocycles. The molecule has 2 aromatic heterocycles. The van der Waals surface area contributed by atoms with E-state index in [0.717, 1.165) is 16.5 Å². The molecule has 0 radical (unpaired) electrons. The zero-order valence-electron chi connectivity index (χ0n) is 9.98. The lowest BCUT2D eigenvalue weighted by Gasteiger charge is -2.04. The maximum atomic E-state index is 9.06. The summed E-state index contributed by atoms with van der Waals surface area (Å²) in [6, 6.07) is 2.16. The highest BCUT2D eigenvalue weighted by atomic mass is 32.1. The number of aromatic nitrogens is 3. The van der Waals surface area contributed by atoms with Crippen LogP contribution in [0, 0.1) is 25.2 Å². The molecule has 2 aromatic rings. The monoisotopic (exact) mass is 247 g/mol. The predicted molar refractivity (Wildman–Crippen MR) is 66.8 cm³/mol. The van der Waals surface area contributed by atoms with Crippen LogP contribution in [0.1, 0.15) is 21.1 Å². The van der Waals surface area contributed by atoms with E-state index in [0.29, 0.717) is 12.1 Å². The second-order valence-electron chi connectivity index (χ2n) is 3.76. The van der Waals surface area contributed by atoms with Crippen LogP contribution in [-0.4, -0.2) is 14.8 Å². The van der Waals surface area contributed by atoms with E-state index < -0.39 is 0 Å². The van der Waals surface area contributed by atoms with E-state index in [-0.39, 0.29) is 0 Å². The van der Waals surface area contributed by atoms with Crippen LogP contribution in [0.3, 0.4) is 0 Å². The van der Waals surface area contributed by atoms with Crippen LogP contribution < -0.4 is 5.32 Å². The molecule has 17 heavy (non-hydrogen) atoms. The molecule has 0 fully saturated rings. The minimum atomic E-state index is 0.598. The zero-order valence-corrected chi connectivity index (χ0v) is 10.8. The highest BCUT2D eigenvalue weighted by Gasteiger charge is 2.12. The summed E-state index contributed by atoms with van der Waals surface area (Å²) in [5, 5.41) is 17.5. The van der Waals surface area contributed by atoms with Crippen LogP contribution in [0.25, 0.3) is 0 Å². The quantitative estimate of drug-likeness (QED) is 0.900. The van der Waals surface area contributed by atoms with Crippen LogP contribution in [0.2, 0.25) is 0 Å². The lowest BCUT2D eigenvalue weighted by atomic mass is 10.2. The third-order valence-electron chi connectivity index (χ3n) is 2.41. The second kappa shape index (κ2) is 4.55. The maximum absolute atomic E-state index is 9.06. The van der Waals surface area contributed by atoms with Gasteiger partial charge in [-0.25, -0.2) is 4.98 Å². The molecule has 0 spiro atoms. The van der Waals surface area contributed by atoms with Crippen molar-refractivity contribution in [2.45, 2.75) is 20.4 Å². The van der Waals surface area contributed by atoms with Gasteiger partial charge in [0, 0.05) is 18.1 Å². The molecule has 2 heterocycles. The van der Waals surface area contributed by atoms with Gasteiger partial charge in [-0.05, 0) is 13.8 Å². The van der Waals surface area contributed by atoms with Crippen molar-refractivity contribution in [2.75, 3.05) is 5.32 Å². The summed E-state index contributed by atoms with van der Waals surface area (Å²) >= 11 is 1.65. The summed E-state index contributed by atoms with van der Waals surface area (Å²) < 4.78 is 1.69. The van der Waals surface area contributed by atoms with E-state index in [1.165, 1.54) is 4.88 Å². The van der Waals surface area contributed by atoms with Gasteiger partial charge in [-0.1, -0.05) is 0 Å². The van der Waals surface area contributed by atoms with Crippen molar-refractivity contribution < 1.29 is 0 Å². The van der Waals surface area contributed by atoms with Crippen LogP contribution >= 0.6 is 11.3 Å². The predicted octanol–water partition coefficient (Wildman–Crippen LogP) is 1.98. The summed E-state index contributed by atoms with van der Waals surface area (Å²) in [6.07, 6.45) is 1.85. The Labute approximate surface area is 104 Å². The SMILES string of the molecule is Cc1cnc(CNc2c(C#N)c(C)nn2C)s1. The van der Waals surface area contributed by atoms with Gasteiger partial charge in [0.1, 0.15) is 22.5 Å². The van der Waals surface area contributed by atoms with E-state index in [1.807, 2.05) is 27.1 Å². The molecule has 0 unspecified atom stereocenters. The topological polar surface area (TPSA) is 66.5 Å². The molecule has 0 aliphatic heterocycles. The minimum absolute atomic E-state index is 0.598. The summed E-state index contributed by atoms with van der Waals surface area (Å²) in [4.78, 5) is 5.45. The fraction of sp³-hybridized carbons (Fsp3) is 0.364. The Bertz CT molecular complexity index is 575. The number of aryl methyl sites for hydroxylation is 3. The Balaban J connectivity index is 2.17. The van der Waals surface area contributed by atoms with Gasteiger partial charge < -0.3 is 5.32 Å². The minimum Gasteiger partial charge on any atom is -0.363 e. The molecule has 0 aliphatic rings. The molecule has 0 atom stereocenters. The number of hydrogen-bond donors (Lipinski definition) is 1. The molecule has 2 rings (SSSR count). The molecule has 6 heteroatoms. The van der Waals surface area contributed by atoms with Crippen LogP contribution in [0.15, 0.2) is 6.20 Å². The Kier molecular flexibility index (Phi) is 3.11. The van der Waals surface area contributed by atoms with Crippen molar-refractivity contribution in [1.29, 1.82) is 5.26 Å². The highest BCUT2D eigenvalue weighted by molar-refractivity contribution is 7.11. The van der Waals surface area contributed by atoms with Gasteiger partial charge in [0.05, 0.1) is 12.2 Å². The van der Waals surface area contributed by atoms with Crippen molar-refractivity contribution >= 4 is 17.2 Å². The summed E-state index contributed by atoms with van der Waals surface area (Å²) in [5.41, 5.74) is 1.34. The van der Waals surface area contributed by atoms with Crippen molar-refractivity contribution in [3.8, 4) is 6.07 Å². The number of anilines is 1. The molecule has 1 N–H and O–H groups in total. The first kappa shape index (κ1) is 11.6. The number of nitrogens with zero attached hydrogens (tertiary/aromatic N) is 4. The van der Waals surface area contributed by atoms with Crippen LogP contribution in [-0.2, 0) is 13.6 Å². The van der Waals surface area contributed by atoms with Gasteiger partial charge in [0.25, 0.3) is 0 Å². The van der Waals surface area contributed by atoms with E-state index in [1.54, 1.807) is 16.0 Å². The Morgan fingerprint density at radius 1 is 1.53 bits per heavy atom. The normalized spacial score (nSPS) is 10.2. The first-order valence-corrected chi connectivity index (χ1v) is 6.02. The van der Waals surface area contributed by atoms with Gasteiger partial charge in [0.2, 0.25) is 0 Å². The summed E-state index contributed by atoms with van der Waals surface area (Å²) in [7, 11) is 1.82. The molecule has 0 amide bonds. The molecule has 0 saturated heterocycles. The van der Waals surface area contributed by atoms with E-state index in [9.17, 15) is 0 Å². The molecule has 0 aromatic carbocycles. The number of nitriles is 1. The Morgan fingerprint density at radius 3 is 2.88 bits per heavy atom. The van der Waals surface area contributed by atoms with Crippen LogP contribution in [0.4, 0.5) is 5.82 Å². The first-order valence-electron chi connectivity index (χ1n) is 5.20. The third-order valence-corrected chi connectivity index (χ3v) is 3.32. The van der Waals surface area contributed by atoms with Gasteiger partial charge in [-0.15, -0.1) is 11.3 Å². The highest BCUT2D eigenvalue weighted by Crippen LogP contribution is 2.19. The molecule has 5 nitrogen and oxygen atoms in total. The van der Waals surface area contributed by atoms with Crippen molar-refractivity contribution in [1.82, 2.24) is 14.8 Å². The van der Waals surface area contributed by atoms with Crippen molar-refractivity contribution in [3.63, 3.8) is 0 Å². The molecule has 0 bridgehead atoms. The molecule has 88 valence electrons. The van der Waals surface area contributed by atoms with E-state index in [2.05, 4.69) is 21.5 Å². The van der Waals surface area contributed by atoms with Crippen LogP contribution in [0.5, 0.6) is 0 Å². The lowest BCUT2D eigenvalue weighted by molar-refractivity contribution is 0.758. The van der Waals surface area contributed by atoms with Crippen molar-refractivity contribution in [3.05, 3.63) is 27.3 Å². The summed E-state index contributed by atoms with van der Waals surface area (Å²) in [6.45, 7) is 4.47. The fourth-order valence-corrected chi connectivity index (χ4v) is 2.36. The number of hydrogen-bond acceptors (Lipinski definition) is 5. The molecular formula is C11H13N5S.